The highest BCUT2D eigenvalue weighted by Gasteiger charge is 2.79. The molecule has 5 fully saturated rings. The van der Waals surface area contributed by atoms with Gasteiger partial charge in [0.25, 0.3) is 0 Å². The summed E-state index contributed by atoms with van der Waals surface area (Å²) in [6, 6.07) is 0. The molecule has 110 valence electrons. The molecule has 2 heteroatoms. The van der Waals surface area contributed by atoms with Gasteiger partial charge in [-0.15, -0.1) is 0 Å². The summed E-state index contributed by atoms with van der Waals surface area (Å²) >= 11 is 0. The summed E-state index contributed by atoms with van der Waals surface area (Å²) in [6.45, 7) is 6.68. The zero-order chi connectivity index (χ0) is 13.8. The molecule has 1 heterocycles. The van der Waals surface area contributed by atoms with Crippen LogP contribution in [0.5, 0.6) is 0 Å². The average Bonchev–Trinajstić information content (AvgIpc) is 2.83. The van der Waals surface area contributed by atoms with E-state index in [1.165, 1.54) is 44.9 Å². The van der Waals surface area contributed by atoms with E-state index in [0.29, 0.717) is 16.7 Å². The van der Waals surface area contributed by atoms with Crippen molar-refractivity contribution >= 4 is 5.91 Å². The zero-order valence-electron chi connectivity index (χ0n) is 13.0. The number of likely N-dealkylation sites (tertiary alicyclic amines) is 1. The number of hydrogen-bond acceptors (Lipinski definition) is 1. The molecule has 4 saturated carbocycles. The van der Waals surface area contributed by atoms with Crippen LogP contribution in [-0.4, -0.2) is 23.9 Å². The standard InChI is InChI=1S/C18H27NO/c1-16(2)4-3-5-19(11-16)15(20)17-8-13-6-12-7-14(9-17)18(12,13)10-17/h12-14H,3-11H2,1-2H3. The maximum Gasteiger partial charge on any atom is 0.228 e. The zero-order valence-corrected chi connectivity index (χ0v) is 13.0. The molecule has 20 heavy (non-hydrogen) atoms. The number of piperidine rings is 1. The number of amides is 1. The van der Waals surface area contributed by atoms with Gasteiger partial charge >= 0.3 is 0 Å². The number of hydrogen-bond donors (Lipinski definition) is 0. The van der Waals surface area contributed by atoms with Crippen LogP contribution in [0.3, 0.4) is 0 Å². The fourth-order valence-electron chi connectivity index (χ4n) is 7.26. The van der Waals surface area contributed by atoms with Crippen LogP contribution in [0.4, 0.5) is 0 Å². The fraction of sp³-hybridized carbons (Fsp3) is 0.944. The minimum absolute atomic E-state index is 0.0913. The van der Waals surface area contributed by atoms with E-state index in [-0.39, 0.29) is 5.41 Å². The number of nitrogens with zero attached hydrogens (tertiary/aromatic N) is 1. The molecule has 1 amide bonds. The van der Waals surface area contributed by atoms with Gasteiger partial charge in [-0.1, -0.05) is 13.8 Å². The summed E-state index contributed by atoms with van der Waals surface area (Å²) in [5.74, 6) is 3.44. The van der Waals surface area contributed by atoms with Gasteiger partial charge in [-0.3, -0.25) is 4.79 Å². The molecule has 5 aliphatic rings. The molecule has 1 saturated heterocycles. The van der Waals surface area contributed by atoms with Crippen molar-refractivity contribution in [3.8, 4) is 0 Å². The van der Waals surface area contributed by atoms with Crippen LogP contribution in [0, 0.1) is 34.0 Å². The highest BCUT2D eigenvalue weighted by molar-refractivity contribution is 5.84. The lowest BCUT2D eigenvalue weighted by atomic mass is 9.38. The van der Waals surface area contributed by atoms with Crippen LogP contribution in [0.15, 0.2) is 0 Å². The van der Waals surface area contributed by atoms with Gasteiger partial charge < -0.3 is 4.90 Å². The summed E-state index contributed by atoms with van der Waals surface area (Å²) in [6.07, 6.45) is 9.16. The molecule has 2 unspecified atom stereocenters. The lowest BCUT2D eigenvalue weighted by molar-refractivity contribution is -0.179. The van der Waals surface area contributed by atoms with Crippen molar-refractivity contribution in [2.75, 3.05) is 13.1 Å². The molecule has 5 rings (SSSR count). The van der Waals surface area contributed by atoms with Crippen molar-refractivity contribution < 1.29 is 4.79 Å². The Kier molecular flexibility index (Phi) is 1.98. The third-order valence-electron chi connectivity index (χ3n) is 7.98. The molecule has 2 bridgehead atoms. The first-order chi connectivity index (χ1) is 9.45. The lowest BCUT2D eigenvalue weighted by Gasteiger charge is -2.66. The Morgan fingerprint density at radius 3 is 2.35 bits per heavy atom. The van der Waals surface area contributed by atoms with Gasteiger partial charge in [-0.05, 0) is 73.5 Å². The number of rotatable bonds is 1. The van der Waals surface area contributed by atoms with E-state index in [1.807, 2.05) is 0 Å². The Hall–Kier alpha value is -0.530. The minimum Gasteiger partial charge on any atom is -0.342 e. The third-order valence-corrected chi connectivity index (χ3v) is 7.98. The molecule has 4 aliphatic carbocycles. The summed E-state index contributed by atoms with van der Waals surface area (Å²) < 4.78 is 0. The van der Waals surface area contributed by atoms with E-state index < -0.39 is 0 Å². The third kappa shape index (κ3) is 1.18. The molecule has 1 aliphatic heterocycles. The maximum absolute atomic E-state index is 13.3. The Morgan fingerprint density at radius 1 is 1.10 bits per heavy atom. The van der Waals surface area contributed by atoms with Crippen LogP contribution in [0.1, 0.15) is 58.8 Å². The molecule has 2 nitrogen and oxygen atoms in total. The monoisotopic (exact) mass is 273 g/mol. The Balaban J connectivity index is 1.42. The number of carbonyl (C=O) groups excluding carboxylic acids is 1. The van der Waals surface area contributed by atoms with Gasteiger partial charge in [-0.25, -0.2) is 0 Å². The molecule has 1 spiro atoms. The first-order valence-electron chi connectivity index (χ1n) is 8.75. The second-order valence-electron chi connectivity index (χ2n) is 9.53. The van der Waals surface area contributed by atoms with Crippen LogP contribution >= 0.6 is 0 Å². The van der Waals surface area contributed by atoms with Crippen molar-refractivity contribution in [1.82, 2.24) is 4.90 Å². The molecule has 0 aromatic heterocycles. The van der Waals surface area contributed by atoms with Crippen LogP contribution < -0.4 is 0 Å². The SMILES string of the molecule is CC1(C)CCCN(C(=O)C23CC4CC5CC(C2)C54C3)C1. The Bertz CT molecular complexity index is 478. The second-order valence-corrected chi connectivity index (χ2v) is 9.53. The largest absolute Gasteiger partial charge is 0.342 e. The maximum atomic E-state index is 13.3. The molecule has 0 aromatic carbocycles. The van der Waals surface area contributed by atoms with Gasteiger partial charge in [0.15, 0.2) is 0 Å². The first-order valence-corrected chi connectivity index (χ1v) is 8.75. The minimum atomic E-state index is 0.0913. The van der Waals surface area contributed by atoms with Gasteiger partial charge in [0, 0.05) is 13.1 Å². The predicted octanol–water partition coefficient (Wildman–Crippen LogP) is 3.46. The molecule has 2 atom stereocenters. The van der Waals surface area contributed by atoms with Crippen LogP contribution in [-0.2, 0) is 4.79 Å². The van der Waals surface area contributed by atoms with Gasteiger partial charge in [0.2, 0.25) is 5.91 Å². The smallest absolute Gasteiger partial charge is 0.228 e. The number of carbonyl (C=O) groups is 1. The fourth-order valence-corrected chi connectivity index (χ4v) is 7.26. The lowest BCUT2D eigenvalue weighted by Crippen LogP contribution is -2.59. The van der Waals surface area contributed by atoms with E-state index in [2.05, 4.69) is 18.7 Å². The molecule has 0 N–H and O–H groups in total. The van der Waals surface area contributed by atoms with E-state index >= 15 is 0 Å². The summed E-state index contributed by atoms with van der Waals surface area (Å²) in [7, 11) is 0. The normalized spacial score (nSPS) is 54.1. The van der Waals surface area contributed by atoms with E-state index in [4.69, 9.17) is 0 Å². The van der Waals surface area contributed by atoms with Crippen molar-refractivity contribution in [3.05, 3.63) is 0 Å². The van der Waals surface area contributed by atoms with Crippen molar-refractivity contribution in [3.63, 3.8) is 0 Å². The van der Waals surface area contributed by atoms with Crippen molar-refractivity contribution in [2.24, 2.45) is 34.0 Å². The molecule has 0 radical (unpaired) electrons. The summed E-state index contributed by atoms with van der Waals surface area (Å²) in [5.41, 5.74) is 1.11. The topological polar surface area (TPSA) is 20.3 Å². The van der Waals surface area contributed by atoms with Crippen molar-refractivity contribution in [2.45, 2.75) is 58.8 Å². The Labute approximate surface area is 122 Å². The van der Waals surface area contributed by atoms with E-state index in [9.17, 15) is 4.79 Å². The van der Waals surface area contributed by atoms with Crippen LogP contribution in [0.25, 0.3) is 0 Å². The predicted molar refractivity (Wildman–Crippen MR) is 78.0 cm³/mol. The average molecular weight is 273 g/mol. The van der Waals surface area contributed by atoms with Gasteiger partial charge in [0.1, 0.15) is 0 Å². The number of fused-ring (bicyclic) bond motifs is 1. The molecular formula is C18H27NO. The summed E-state index contributed by atoms with van der Waals surface area (Å²) in [5, 5.41) is 0. The quantitative estimate of drug-likeness (QED) is 0.716. The van der Waals surface area contributed by atoms with Crippen LogP contribution in [0.2, 0.25) is 0 Å². The first kappa shape index (κ1) is 12.1. The van der Waals surface area contributed by atoms with Gasteiger partial charge in [0.05, 0.1) is 5.41 Å². The molecule has 0 aromatic rings. The highest BCUT2D eigenvalue weighted by atomic mass is 16.2. The molecular weight excluding hydrogens is 246 g/mol. The van der Waals surface area contributed by atoms with E-state index in [0.717, 1.165) is 30.8 Å². The van der Waals surface area contributed by atoms with E-state index in [1.54, 1.807) is 0 Å². The Morgan fingerprint density at radius 2 is 1.80 bits per heavy atom. The second kappa shape index (κ2) is 3.28. The summed E-state index contributed by atoms with van der Waals surface area (Å²) in [4.78, 5) is 15.5. The van der Waals surface area contributed by atoms with Crippen molar-refractivity contribution in [1.29, 1.82) is 0 Å². The highest BCUT2D eigenvalue weighted by Crippen LogP contribution is 2.84. The van der Waals surface area contributed by atoms with Gasteiger partial charge in [-0.2, -0.15) is 0 Å².